The maximum Gasteiger partial charge on any atom is 0.166 e. The van der Waals surface area contributed by atoms with Gasteiger partial charge in [0.05, 0.1) is 6.10 Å². The Morgan fingerprint density at radius 3 is 2.24 bits per heavy atom. The van der Waals surface area contributed by atoms with Crippen molar-refractivity contribution in [3.63, 3.8) is 0 Å². The Morgan fingerprint density at radius 2 is 1.60 bits per heavy atom. The molecular formula is C21H22Br2O2. The Kier molecular flexibility index (Phi) is 5.81. The minimum Gasteiger partial charge on any atom is -0.376 e. The predicted octanol–water partition coefficient (Wildman–Crippen LogP) is 6.15. The van der Waals surface area contributed by atoms with Gasteiger partial charge >= 0.3 is 0 Å². The summed E-state index contributed by atoms with van der Waals surface area (Å²) in [6, 6.07) is 12.2. The highest BCUT2D eigenvalue weighted by atomic mass is 79.9. The van der Waals surface area contributed by atoms with Crippen molar-refractivity contribution in [3.05, 3.63) is 67.6 Å². The van der Waals surface area contributed by atoms with E-state index in [1.165, 1.54) is 21.2 Å². The molecule has 3 unspecified atom stereocenters. The number of hydrogen-bond donors (Lipinski definition) is 0. The molecule has 0 heterocycles. The van der Waals surface area contributed by atoms with Gasteiger partial charge < -0.3 is 4.74 Å². The highest BCUT2D eigenvalue weighted by Gasteiger charge is 2.30. The van der Waals surface area contributed by atoms with Gasteiger partial charge in [-0.05, 0) is 47.6 Å². The molecule has 132 valence electrons. The first-order valence-electron chi connectivity index (χ1n) is 8.55. The van der Waals surface area contributed by atoms with Gasteiger partial charge in [-0.3, -0.25) is 4.79 Å². The molecule has 25 heavy (non-hydrogen) atoms. The summed E-state index contributed by atoms with van der Waals surface area (Å²) in [7, 11) is 1.79. The topological polar surface area (TPSA) is 26.3 Å². The second-order valence-electron chi connectivity index (χ2n) is 6.88. The van der Waals surface area contributed by atoms with E-state index in [-0.39, 0.29) is 17.8 Å². The van der Waals surface area contributed by atoms with Crippen molar-refractivity contribution in [2.45, 2.75) is 32.8 Å². The Balaban J connectivity index is 0.000000146. The minimum atomic E-state index is 0.165. The molecule has 0 fully saturated rings. The molecular weight excluding hydrogens is 444 g/mol. The fraction of sp³-hybridized carbons (Fsp3) is 0.381. The molecule has 0 spiro atoms. The third-order valence-corrected chi connectivity index (χ3v) is 6.59. The molecule has 2 nitrogen and oxygen atoms in total. The zero-order valence-electron chi connectivity index (χ0n) is 14.7. The number of carbonyl (C=O) groups is 1. The molecule has 0 aliphatic heterocycles. The van der Waals surface area contributed by atoms with Crippen molar-refractivity contribution in [1.82, 2.24) is 0 Å². The van der Waals surface area contributed by atoms with Crippen molar-refractivity contribution in [1.29, 1.82) is 0 Å². The standard InChI is InChI=1S/C11H13BrO.C10H9BrO/c1-7-6-9-8(11(7)13-2)4-3-5-10(9)12;1-6-5-8-7(10(6)12)3-2-4-9(8)11/h3-5,7,11H,6H2,1-2H3;2-4,6H,5H2,1H3. The summed E-state index contributed by atoms with van der Waals surface area (Å²) >= 11 is 7.03. The van der Waals surface area contributed by atoms with E-state index in [1.54, 1.807) is 7.11 Å². The van der Waals surface area contributed by atoms with Crippen molar-refractivity contribution in [3.8, 4) is 0 Å². The van der Waals surface area contributed by atoms with Crippen molar-refractivity contribution in [2.24, 2.45) is 11.8 Å². The van der Waals surface area contributed by atoms with Gasteiger partial charge in [-0.2, -0.15) is 0 Å². The number of rotatable bonds is 1. The molecule has 2 aromatic rings. The zero-order valence-corrected chi connectivity index (χ0v) is 17.9. The third kappa shape index (κ3) is 3.62. The lowest BCUT2D eigenvalue weighted by molar-refractivity contribution is 0.0695. The van der Waals surface area contributed by atoms with Crippen LogP contribution in [-0.4, -0.2) is 12.9 Å². The second kappa shape index (κ2) is 7.73. The van der Waals surface area contributed by atoms with Crippen molar-refractivity contribution >= 4 is 37.6 Å². The number of halogens is 2. The number of ether oxygens (including phenoxy) is 1. The Hall–Kier alpha value is -0.970. The Morgan fingerprint density at radius 1 is 0.960 bits per heavy atom. The van der Waals surface area contributed by atoms with E-state index >= 15 is 0 Å². The maximum absolute atomic E-state index is 11.5. The first kappa shape index (κ1) is 18.8. The quantitative estimate of drug-likeness (QED) is 0.504. The fourth-order valence-corrected chi connectivity index (χ4v) is 4.88. The Labute approximate surface area is 166 Å². The monoisotopic (exact) mass is 464 g/mol. The lowest BCUT2D eigenvalue weighted by Crippen LogP contribution is -2.04. The third-order valence-electron chi connectivity index (χ3n) is 5.10. The van der Waals surface area contributed by atoms with Crippen molar-refractivity contribution < 1.29 is 9.53 Å². The number of carbonyl (C=O) groups excluding carboxylic acids is 1. The molecule has 2 aliphatic rings. The normalized spacial score (nSPS) is 23.7. The van der Waals surface area contributed by atoms with E-state index in [0.29, 0.717) is 5.92 Å². The van der Waals surface area contributed by atoms with Gasteiger partial charge in [-0.1, -0.05) is 70.0 Å². The number of benzene rings is 2. The summed E-state index contributed by atoms with van der Waals surface area (Å²) < 4.78 is 7.77. The summed E-state index contributed by atoms with van der Waals surface area (Å²) in [5.74, 6) is 1.05. The molecule has 0 N–H and O–H groups in total. The fourth-order valence-electron chi connectivity index (χ4n) is 3.81. The summed E-state index contributed by atoms with van der Waals surface area (Å²) in [5.41, 5.74) is 4.85. The van der Waals surface area contributed by atoms with Crippen LogP contribution in [0.15, 0.2) is 45.3 Å². The van der Waals surface area contributed by atoms with Crippen LogP contribution in [0.2, 0.25) is 0 Å². The van der Waals surface area contributed by atoms with Crippen LogP contribution in [0.25, 0.3) is 0 Å². The van der Waals surface area contributed by atoms with Crippen LogP contribution in [0, 0.1) is 11.8 Å². The molecule has 3 atom stereocenters. The summed E-state index contributed by atoms with van der Waals surface area (Å²) in [5, 5.41) is 0. The number of hydrogen-bond acceptors (Lipinski definition) is 2. The summed E-state index contributed by atoms with van der Waals surface area (Å²) in [6.45, 7) is 4.22. The van der Waals surface area contributed by atoms with Gasteiger partial charge in [0.25, 0.3) is 0 Å². The van der Waals surface area contributed by atoms with Crippen LogP contribution in [-0.2, 0) is 17.6 Å². The van der Waals surface area contributed by atoms with Crippen molar-refractivity contribution in [2.75, 3.05) is 7.11 Å². The van der Waals surface area contributed by atoms with E-state index < -0.39 is 0 Å². The molecule has 0 saturated carbocycles. The average molecular weight is 466 g/mol. The predicted molar refractivity (Wildman–Crippen MR) is 108 cm³/mol. The number of methoxy groups -OCH3 is 1. The smallest absolute Gasteiger partial charge is 0.166 e. The van der Waals surface area contributed by atoms with Gasteiger partial charge in [0.1, 0.15) is 0 Å². The lowest BCUT2D eigenvalue weighted by atomic mass is 10.1. The minimum absolute atomic E-state index is 0.165. The molecule has 0 saturated heterocycles. The second-order valence-corrected chi connectivity index (χ2v) is 8.59. The number of fused-ring (bicyclic) bond motifs is 2. The first-order valence-corrected chi connectivity index (χ1v) is 10.1. The largest absolute Gasteiger partial charge is 0.376 e. The number of ketones is 1. The molecule has 0 radical (unpaired) electrons. The number of Topliss-reactive ketones (excluding diaryl/α,β-unsaturated/α-hetero) is 1. The molecule has 4 heteroatoms. The lowest BCUT2D eigenvalue weighted by Gasteiger charge is -2.13. The molecule has 0 amide bonds. The molecule has 0 bridgehead atoms. The molecule has 4 rings (SSSR count). The first-order chi connectivity index (χ1) is 11.9. The van der Waals surface area contributed by atoms with E-state index in [4.69, 9.17) is 4.74 Å². The van der Waals surface area contributed by atoms with Crippen LogP contribution >= 0.6 is 31.9 Å². The van der Waals surface area contributed by atoms with Crippen LogP contribution in [0.3, 0.4) is 0 Å². The highest BCUT2D eigenvalue weighted by Crippen LogP contribution is 2.41. The van der Waals surface area contributed by atoms with Crippen LogP contribution < -0.4 is 0 Å². The zero-order chi connectivity index (χ0) is 18.1. The van der Waals surface area contributed by atoms with Gasteiger partial charge in [0, 0.05) is 27.5 Å². The van der Waals surface area contributed by atoms with Gasteiger partial charge in [0.15, 0.2) is 5.78 Å². The maximum atomic E-state index is 11.5. The van der Waals surface area contributed by atoms with E-state index in [2.05, 4.69) is 57.0 Å². The van der Waals surface area contributed by atoms with E-state index in [1.807, 2.05) is 25.1 Å². The average Bonchev–Trinajstić information content (AvgIpc) is 3.07. The highest BCUT2D eigenvalue weighted by molar-refractivity contribution is 9.10. The molecule has 0 aromatic heterocycles. The molecule has 2 aromatic carbocycles. The SMILES string of the molecule is CC1Cc2c(Br)cccc2C1=O.COC1c2cccc(Br)c2CC1C. The summed E-state index contributed by atoms with van der Waals surface area (Å²) in [4.78, 5) is 11.5. The van der Waals surface area contributed by atoms with E-state index in [0.717, 1.165) is 22.9 Å². The van der Waals surface area contributed by atoms with Gasteiger partial charge in [0.2, 0.25) is 0 Å². The Bertz CT molecular complexity index is 800. The van der Waals surface area contributed by atoms with E-state index in [9.17, 15) is 4.79 Å². The van der Waals surface area contributed by atoms with Gasteiger partial charge in [-0.15, -0.1) is 0 Å². The van der Waals surface area contributed by atoms with Crippen LogP contribution in [0.4, 0.5) is 0 Å². The van der Waals surface area contributed by atoms with Crippen LogP contribution in [0.5, 0.6) is 0 Å². The summed E-state index contributed by atoms with van der Waals surface area (Å²) in [6.07, 6.45) is 2.29. The van der Waals surface area contributed by atoms with Crippen LogP contribution in [0.1, 0.15) is 47.0 Å². The molecule has 2 aliphatic carbocycles. The van der Waals surface area contributed by atoms with Gasteiger partial charge in [-0.25, -0.2) is 0 Å².